The Bertz CT molecular complexity index is 910. The number of thiazole rings is 1. The molecule has 1 aromatic carbocycles. The van der Waals surface area contributed by atoms with Crippen LogP contribution in [0.4, 0.5) is 5.13 Å². The van der Waals surface area contributed by atoms with Gasteiger partial charge in [0, 0.05) is 11.9 Å². The van der Waals surface area contributed by atoms with E-state index in [-0.39, 0.29) is 18.2 Å². The Morgan fingerprint density at radius 2 is 2.07 bits per heavy atom. The van der Waals surface area contributed by atoms with Crippen LogP contribution in [0.1, 0.15) is 48.2 Å². The van der Waals surface area contributed by atoms with Crippen molar-refractivity contribution in [2.45, 2.75) is 44.9 Å². The molecule has 1 aliphatic carbocycles. The second-order valence-corrected chi connectivity index (χ2v) is 10.2. The second-order valence-electron chi connectivity index (χ2n) is 7.16. The van der Waals surface area contributed by atoms with Gasteiger partial charge in [-0.05, 0) is 37.2 Å². The number of hydrogen-bond donors (Lipinski definition) is 1. The monoisotopic (exact) mass is 421 g/mol. The van der Waals surface area contributed by atoms with Gasteiger partial charge >= 0.3 is 0 Å². The van der Waals surface area contributed by atoms with Gasteiger partial charge in [-0.2, -0.15) is 0 Å². The summed E-state index contributed by atoms with van der Waals surface area (Å²) >= 11 is 1.53. The lowest BCUT2D eigenvalue weighted by Crippen LogP contribution is -2.39. The van der Waals surface area contributed by atoms with E-state index in [1.165, 1.54) is 26.7 Å². The number of likely N-dealkylation sites (N-methyl/N-ethyl adjacent to an activating group) is 1. The largest absolute Gasteiger partial charge is 0.290 e. The number of unbranched alkanes of at least 4 members (excludes halogenated alkanes) is 1. The maximum atomic E-state index is 12.4. The third kappa shape index (κ3) is 5.18. The van der Waals surface area contributed by atoms with Crippen molar-refractivity contribution in [3.8, 4) is 0 Å². The lowest BCUT2D eigenvalue weighted by Gasteiger charge is -2.21. The molecule has 0 saturated heterocycles. The van der Waals surface area contributed by atoms with Gasteiger partial charge in [0.2, 0.25) is 15.9 Å². The summed E-state index contributed by atoms with van der Waals surface area (Å²) in [7, 11) is -1.75. The average molecular weight is 422 g/mol. The predicted molar refractivity (Wildman–Crippen MR) is 113 cm³/mol. The van der Waals surface area contributed by atoms with Crippen LogP contribution < -0.4 is 9.62 Å². The summed E-state index contributed by atoms with van der Waals surface area (Å²) in [5, 5.41) is 0.636. The molecule has 6 nitrogen and oxygen atoms in total. The lowest BCUT2D eigenvalue weighted by molar-refractivity contribution is -0.117. The first kappa shape index (κ1) is 21.0. The van der Waals surface area contributed by atoms with E-state index < -0.39 is 10.0 Å². The summed E-state index contributed by atoms with van der Waals surface area (Å²) in [5.41, 5.74) is 2.41. The van der Waals surface area contributed by atoms with Crippen LogP contribution in [-0.4, -0.2) is 38.7 Å². The lowest BCUT2D eigenvalue weighted by atomic mass is 9.85. The zero-order valence-electron chi connectivity index (χ0n) is 16.3. The van der Waals surface area contributed by atoms with Crippen molar-refractivity contribution >= 4 is 32.4 Å². The number of benzene rings is 1. The number of rotatable bonds is 8. The van der Waals surface area contributed by atoms with Crippen molar-refractivity contribution in [1.29, 1.82) is 0 Å². The third-order valence-electron chi connectivity index (χ3n) is 5.07. The van der Waals surface area contributed by atoms with Crippen LogP contribution in [0.15, 0.2) is 30.3 Å². The van der Waals surface area contributed by atoms with E-state index in [1.54, 1.807) is 7.05 Å². The zero-order valence-corrected chi connectivity index (χ0v) is 18.0. The van der Waals surface area contributed by atoms with Crippen LogP contribution in [0.25, 0.3) is 0 Å². The van der Waals surface area contributed by atoms with E-state index in [0.717, 1.165) is 31.4 Å². The van der Waals surface area contributed by atoms with E-state index in [1.807, 2.05) is 13.0 Å². The minimum atomic E-state index is -3.41. The first-order valence-corrected chi connectivity index (χ1v) is 12.1. The van der Waals surface area contributed by atoms with Crippen LogP contribution in [0.2, 0.25) is 0 Å². The van der Waals surface area contributed by atoms with E-state index in [4.69, 9.17) is 0 Å². The molecule has 0 bridgehead atoms. The molecular weight excluding hydrogens is 394 g/mol. The summed E-state index contributed by atoms with van der Waals surface area (Å²) in [6, 6.07) is 10.5. The molecule has 0 spiro atoms. The minimum absolute atomic E-state index is 0.0485. The average Bonchev–Trinajstić information content (AvgIpc) is 3.14. The molecule has 2 aromatic rings. The summed E-state index contributed by atoms with van der Waals surface area (Å²) in [6.45, 7) is 1.69. The van der Waals surface area contributed by atoms with Crippen LogP contribution in [0.5, 0.6) is 0 Å². The highest BCUT2D eigenvalue weighted by molar-refractivity contribution is 7.89. The molecule has 3 rings (SSSR count). The number of aromatic nitrogens is 1. The Morgan fingerprint density at radius 3 is 2.79 bits per heavy atom. The first-order chi connectivity index (χ1) is 13.4. The number of anilines is 1. The molecule has 8 heteroatoms. The summed E-state index contributed by atoms with van der Waals surface area (Å²) in [4.78, 5) is 19.8. The van der Waals surface area contributed by atoms with Crippen molar-refractivity contribution in [1.82, 2.24) is 9.71 Å². The topological polar surface area (TPSA) is 79.4 Å². The Morgan fingerprint density at radius 1 is 1.32 bits per heavy atom. The van der Waals surface area contributed by atoms with Gasteiger partial charge < -0.3 is 0 Å². The fourth-order valence-corrected chi connectivity index (χ4v) is 5.64. The summed E-state index contributed by atoms with van der Waals surface area (Å²) in [5.74, 6) is 0.228. The van der Waals surface area contributed by atoms with Gasteiger partial charge in [0.15, 0.2) is 5.13 Å². The zero-order chi connectivity index (χ0) is 20.1. The van der Waals surface area contributed by atoms with Gasteiger partial charge in [0.1, 0.15) is 0 Å². The molecule has 1 N–H and O–H groups in total. The molecule has 1 amide bonds. The molecule has 152 valence electrons. The second kappa shape index (κ2) is 9.15. The number of carbonyl (C=O) groups excluding carboxylic acids is 1. The van der Waals surface area contributed by atoms with Crippen molar-refractivity contribution < 1.29 is 13.2 Å². The highest BCUT2D eigenvalue weighted by Crippen LogP contribution is 2.37. The van der Waals surface area contributed by atoms with Gasteiger partial charge in [0.05, 0.1) is 18.0 Å². The summed E-state index contributed by atoms with van der Waals surface area (Å²) in [6.07, 6.45) is 4.26. The number of aryl methyl sites for hydroxylation is 1. The highest BCUT2D eigenvalue weighted by Gasteiger charge is 2.26. The molecule has 0 fully saturated rings. The van der Waals surface area contributed by atoms with E-state index in [2.05, 4.69) is 34.0 Å². The molecule has 1 atom stereocenters. The van der Waals surface area contributed by atoms with Crippen LogP contribution >= 0.6 is 11.3 Å². The van der Waals surface area contributed by atoms with Crippen LogP contribution in [0.3, 0.4) is 0 Å². The normalized spacial score (nSPS) is 16.6. The standard InChI is InChI=1S/C20H27N3O3S2/c1-3-4-12-28(25,26)21-14-19(24)23(2)20-22-17-11-10-16(13-18(17)27-20)15-8-6-5-7-9-15/h5-9,16,21H,3-4,10-14H2,1-2H3. The number of hydrogen-bond acceptors (Lipinski definition) is 5. The Hall–Kier alpha value is -1.77. The molecular formula is C20H27N3O3S2. The fourth-order valence-electron chi connectivity index (χ4n) is 3.32. The van der Waals surface area contributed by atoms with Crippen LogP contribution in [0, 0.1) is 0 Å². The van der Waals surface area contributed by atoms with Gasteiger partial charge in [-0.15, -0.1) is 11.3 Å². The Balaban J connectivity index is 1.62. The van der Waals surface area contributed by atoms with E-state index in [0.29, 0.717) is 17.5 Å². The minimum Gasteiger partial charge on any atom is -0.290 e. The van der Waals surface area contributed by atoms with Gasteiger partial charge in [-0.25, -0.2) is 18.1 Å². The molecule has 1 unspecified atom stereocenters. The van der Waals surface area contributed by atoms with Gasteiger partial charge in [0.25, 0.3) is 0 Å². The molecule has 1 aromatic heterocycles. The van der Waals surface area contributed by atoms with E-state index >= 15 is 0 Å². The van der Waals surface area contributed by atoms with Gasteiger partial charge in [-0.3, -0.25) is 9.69 Å². The molecule has 1 aliphatic rings. The smallest absolute Gasteiger partial charge is 0.243 e. The Labute approximate surface area is 171 Å². The van der Waals surface area contributed by atoms with Crippen molar-refractivity contribution in [2.24, 2.45) is 0 Å². The number of nitrogens with zero attached hydrogens (tertiary/aromatic N) is 2. The number of fused-ring (bicyclic) bond motifs is 1. The third-order valence-corrected chi connectivity index (χ3v) is 7.68. The highest BCUT2D eigenvalue weighted by atomic mass is 32.2. The maximum Gasteiger partial charge on any atom is 0.243 e. The maximum absolute atomic E-state index is 12.4. The number of nitrogens with one attached hydrogen (secondary N) is 1. The predicted octanol–water partition coefficient (Wildman–Crippen LogP) is 3.10. The fraction of sp³-hybridized carbons (Fsp3) is 0.500. The number of carbonyl (C=O) groups is 1. The SMILES string of the molecule is CCCCS(=O)(=O)NCC(=O)N(C)c1nc2c(s1)CC(c1ccccc1)CC2. The van der Waals surface area contributed by atoms with Crippen molar-refractivity contribution in [3.63, 3.8) is 0 Å². The van der Waals surface area contributed by atoms with Crippen LogP contribution in [-0.2, 0) is 27.7 Å². The first-order valence-electron chi connectivity index (χ1n) is 9.67. The Kier molecular flexibility index (Phi) is 6.85. The number of amides is 1. The quantitative estimate of drug-likeness (QED) is 0.710. The van der Waals surface area contributed by atoms with Gasteiger partial charge in [-0.1, -0.05) is 43.7 Å². The molecule has 0 saturated carbocycles. The molecule has 0 aliphatic heterocycles. The van der Waals surface area contributed by atoms with Crippen molar-refractivity contribution in [3.05, 3.63) is 46.5 Å². The molecule has 0 radical (unpaired) electrons. The van der Waals surface area contributed by atoms with Crippen molar-refractivity contribution in [2.75, 3.05) is 24.2 Å². The molecule has 1 heterocycles. The molecule has 28 heavy (non-hydrogen) atoms. The summed E-state index contributed by atoms with van der Waals surface area (Å²) < 4.78 is 26.2. The van der Waals surface area contributed by atoms with E-state index in [9.17, 15) is 13.2 Å². The number of sulfonamides is 1.